The lowest BCUT2D eigenvalue weighted by atomic mass is 9.48. The highest BCUT2D eigenvalue weighted by Crippen LogP contribution is 2.33. The smallest absolute Gasteiger partial charge is 0.328 e. The molecule has 0 fully saturated rings. The normalized spacial score (nSPS) is 18.4. The summed E-state index contributed by atoms with van der Waals surface area (Å²) in [7, 11) is 0. The van der Waals surface area contributed by atoms with Crippen molar-refractivity contribution in [1.82, 2.24) is 0 Å². The van der Waals surface area contributed by atoms with E-state index in [9.17, 15) is 0 Å². The summed E-state index contributed by atoms with van der Waals surface area (Å²) < 4.78 is 51.6. The van der Waals surface area contributed by atoms with Gasteiger partial charge in [-0.3, -0.25) is 0 Å². The van der Waals surface area contributed by atoms with Crippen molar-refractivity contribution in [2.24, 2.45) is 5.73 Å². The third-order valence-electron chi connectivity index (χ3n) is 18.9. The molecule has 7 heterocycles. The Labute approximate surface area is 576 Å². The summed E-state index contributed by atoms with van der Waals surface area (Å²) in [6.45, 7) is 28.4. The van der Waals surface area contributed by atoms with E-state index in [1.807, 2.05) is 62.2 Å². The Morgan fingerprint density at radius 2 is 0.781 bits per heavy atom. The predicted octanol–water partition coefficient (Wildman–Crippen LogP) is 10.0. The minimum Gasteiger partial charge on any atom is -0.494 e. The van der Waals surface area contributed by atoms with Crippen molar-refractivity contribution < 1.29 is 57.5 Å². The van der Waals surface area contributed by atoms with Crippen molar-refractivity contribution >= 4 is 92.1 Å². The number of hydrogen-bond donors (Lipinski definition) is 5. The number of aryl methyl sites for hydroxylation is 1. The van der Waals surface area contributed by atoms with Gasteiger partial charge < -0.3 is 68.9 Å². The number of hydrogen-bond acceptors (Lipinski definition) is 14. The van der Waals surface area contributed by atoms with E-state index in [-0.39, 0.29) is 73.5 Å². The molecule has 7 aromatic carbocycles. The molecule has 0 amide bonds. The number of benzene rings is 7. The van der Waals surface area contributed by atoms with Gasteiger partial charge in [-0.1, -0.05) is 208 Å². The molecule has 96 heavy (non-hydrogen) atoms. The highest BCUT2D eigenvalue weighted by molar-refractivity contribution is 6.74. The van der Waals surface area contributed by atoms with Crippen molar-refractivity contribution in [3.63, 3.8) is 0 Å². The van der Waals surface area contributed by atoms with Crippen molar-refractivity contribution in [2.75, 3.05) is 51.9 Å². The Kier molecular flexibility index (Phi) is 30.1. The number of rotatable bonds is 17. The van der Waals surface area contributed by atoms with Crippen LogP contribution in [-0.4, -0.2) is 110 Å². The maximum absolute atomic E-state index is 8.77. The fraction of sp³-hybridized carbons (Fsp3) is 0.440. The van der Waals surface area contributed by atoms with Crippen molar-refractivity contribution in [3.8, 4) is 17.2 Å². The average Bonchev–Trinajstić information content (AvgIpc) is 1.73. The topological polar surface area (TPSA) is 196 Å². The summed E-state index contributed by atoms with van der Waals surface area (Å²) >= 11 is 0. The first kappa shape index (κ1) is 75.6. The number of aliphatic hydroxyl groups is 3. The molecule has 14 nitrogen and oxygen atoms in total. The SMILES string of the molecule is CB1CCc2ccc(N)cc21.CB1OC(CN)c2cccc(OCCCO)c21.CB1OCc2cccc(OCCCO)c21.CCC1OB(C)c2ccccc21.CC[C@@H]1OB(C)c2ccccc21.CC[C@H]1OB(C)c2c(OCCCO)cccc21.CC[C@H]1OB(C)c2ccccc21. The van der Waals surface area contributed by atoms with E-state index in [1.54, 1.807) is 0 Å². The molecule has 14 rings (SSSR count). The molecule has 7 aliphatic heterocycles. The molecule has 0 aliphatic carbocycles. The van der Waals surface area contributed by atoms with Gasteiger partial charge in [0.25, 0.3) is 0 Å². The number of nitrogens with two attached hydrogens (primary N) is 2. The summed E-state index contributed by atoms with van der Waals surface area (Å²) in [6.07, 6.45) is 9.84. The first-order valence-corrected chi connectivity index (χ1v) is 35.4. The molecule has 7 aromatic rings. The maximum atomic E-state index is 8.77. The lowest BCUT2D eigenvalue weighted by Crippen LogP contribution is -2.26. The molecule has 7 aliphatic rings. The van der Waals surface area contributed by atoms with Crippen LogP contribution in [0.5, 0.6) is 17.2 Å². The second-order valence-corrected chi connectivity index (χ2v) is 25.6. The standard InChI is InChI=1S/C13H19BO3.C12H18BNO3.C11H15BO3.3C10H13BO.C9H12BN/c1-3-11-10-6-4-7-12(16-9-5-8-15)13(10)14(2)17-11;1-13-12-9(11(8-14)17-13)4-2-5-10(12)16-7-3-6-15;1-12-11-9(8-15-12)4-2-5-10(11)14-7-3-6-13;3*1-3-10-8-6-4-5-7-9(8)11(2)12-10;1-10-5-4-7-2-3-8(11)6-9(7)10/h4,6-7,11,15H,3,5,8-9H2,1-2H3;2,4-5,11,15H,3,6-8,14H2,1H3;2,4-5,13H,3,6-8H2,1H3;3*4-7,10H,3H2,1-2H3;2-3,6H,4-5,11H2,1H3/t11-;;;2*10-;;/m1..10../s1. The van der Waals surface area contributed by atoms with Crippen molar-refractivity contribution in [1.29, 1.82) is 0 Å². The van der Waals surface area contributed by atoms with Crippen LogP contribution in [0.15, 0.2) is 146 Å². The number of ether oxygens (including phenoxy) is 3. The van der Waals surface area contributed by atoms with Crippen LogP contribution >= 0.6 is 0 Å². The number of fused-ring (bicyclic) bond motifs is 7. The van der Waals surface area contributed by atoms with Gasteiger partial charge >= 0.3 is 41.5 Å². The Bertz CT molecular complexity index is 3300. The first-order valence-electron chi connectivity index (χ1n) is 35.4. The summed E-state index contributed by atoms with van der Waals surface area (Å²) in [4.78, 5) is 0. The summed E-state index contributed by atoms with van der Waals surface area (Å²) in [5, 5.41) is 26.2. The lowest BCUT2D eigenvalue weighted by Gasteiger charge is -2.11. The molecule has 7 N–H and O–H groups in total. The van der Waals surface area contributed by atoms with Gasteiger partial charge in [-0.15, -0.1) is 0 Å². The van der Waals surface area contributed by atoms with Crippen LogP contribution in [0, 0.1) is 0 Å². The Morgan fingerprint density at radius 1 is 0.406 bits per heavy atom. The van der Waals surface area contributed by atoms with Gasteiger partial charge in [-0.2, -0.15) is 0 Å². The largest absolute Gasteiger partial charge is 0.494 e. The molecule has 0 saturated carbocycles. The second kappa shape index (κ2) is 38.2. The van der Waals surface area contributed by atoms with Crippen LogP contribution in [0.1, 0.15) is 142 Å². The minimum atomic E-state index is -0.0265. The van der Waals surface area contributed by atoms with Crippen LogP contribution in [-0.2, 0) is 41.0 Å². The van der Waals surface area contributed by atoms with E-state index in [1.165, 1.54) is 73.4 Å². The Morgan fingerprint density at radius 3 is 1.21 bits per heavy atom. The fourth-order valence-corrected chi connectivity index (χ4v) is 13.9. The number of nitrogen functional groups attached to an aromatic ring is 1. The highest BCUT2D eigenvalue weighted by atomic mass is 16.5. The maximum Gasteiger partial charge on any atom is 0.328 e. The zero-order valence-electron chi connectivity index (χ0n) is 59.0. The van der Waals surface area contributed by atoms with E-state index in [0.717, 1.165) is 65.1 Å². The molecule has 506 valence electrons. The zero-order chi connectivity index (χ0) is 68.7. The third-order valence-corrected chi connectivity index (χ3v) is 18.9. The quantitative estimate of drug-likeness (QED) is 0.0328. The van der Waals surface area contributed by atoms with Gasteiger partial charge in [-0.25, -0.2) is 0 Å². The molecule has 0 aromatic heterocycles. The van der Waals surface area contributed by atoms with Crippen LogP contribution in [0.25, 0.3) is 0 Å². The summed E-state index contributed by atoms with van der Waals surface area (Å²) in [5.41, 5.74) is 30.5. The Hall–Kier alpha value is -6.21. The molecule has 21 heteroatoms. The molecular weight excluding hydrogens is 1200 g/mol. The van der Waals surface area contributed by atoms with Crippen LogP contribution in [0.3, 0.4) is 0 Å². The van der Waals surface area contributed by atoms with Crippen LogP contribution < -0.4 is 63.9 Å². The Balaban J connectivity index is 0.000000144. The zero-order valence-corrected chi connectivity index (χ0v) is 59.0. The average molecular weight is 1300 g/mol. The van der Waals surface area contributed by atoms with Gasteiger partial charge in [0.1, 0.15) is 17.2 Å². The molecule has 0 spiro atoms. The summed E-state index contributed by atoms with van der Waals surface area (Å²) in [6, 6.07) is 49.8. The molecule has 0 radical (unpaired) electrons. The van der Waals surface area contributed by atoms with Gasteiger partial charge in [0.15, 0.2) is 6.71 Å². The van der Waals surface area contributed by atoms with E-state index in [2.05, 4.69) is 159 Å². The molecule has 5 atom stereocenters. The van der Waals surface area contributed by atoms with Crippen molar-refractivity contribution in [3.05, 3.63) is 185 Å². The molecule has 0 bridgehead atoms. The minimum absolute atomic E-state index is 0.0175. The predicted molar refractivity (Wildman–Crippen MR) is 403 cm³/mol. The monoisotopic (exact) mass is 1300 g/mol. The number of anilines is 1. The third kappa shape index (κ3) is 19.4. The fourth-order valence-electron chi connectivity index (χ4n) is 13.9. The van der Waals surface area contributed by atoms with Crippen molar-refractivity contribution in [2.45, 2.75) is 170 Å². The van der Waals surface area contributed by atoms with Gasteiger partial charge in [0.05, 0.1) is 56.9 Å². The lowest BCUT2D eigenvalue weighted by molar-refractivity contribution is 0.221. The second-order valence-electron chi connectivity index (χ2n) is 25.6. The van der Waals surface area contributed by atoms with E-state index < -0.39 is 0 Å². The van der Waals surface area contributed by atoms with Gasteiger partial charge in [0.2, 0.25) is 0 Å². The number of aliphatic hydroxyl groups excluding tert-OH is 3. The van der Waals surface area contributed by atoms with Crippen LogP contribution in [0.2, 0.25) is 54.1 Å². The van der Waals surface area contributed by atoms with E-state index in [0.29, 0.717) is 77.3 Å². The summed E-state index contributed by atoms with van der Waals surface area (Å²) in [5.74, 6) is 2.64. The van der Waals surface area contributed by atoms with Crippen LogP contribution in [0.4, 0.5) is 5.69 Å². The van der Waals surface area contributed by atoms with E-state index in [4.69, 9.17) is 68.9 Å². The highest BCUT2D eigenvalue weighted by Gasteiger charge is 2.36. The first-order chi connectivity index (χ1) is 46.6. The molecule has 0 saturated heterocycles. The van der Waals surface area contributed by atoms with E-state index >= 15 is 0 Å². The van der Waals surface area contributed by atoms with Gasteiger partial charge in [0, 0.05) is 51.3 Å². The molecular formula is C75H103B7N2O12. The van der Waals surface area contributed by atoms with Gasteiger partial charge in [-0.05, 0) is 129 Å². The molecule has 2 unspecified atom stereocenters.